The van der Waals surface area contributed by atoms with E-state index in [2.05, 4.69) is 5.32 Å². The molecule has 37 heavy (non-hydrogen) atoms. The van der Waals surface area contributed by atoms with Crippen molar-refractivity contribution in [2.45, 2.75) is 25.7 Å². The second-order valence-corrected chi connectivity index (χ2v) is 7.71. The van der Waals surface area contributed by atoms with Crippen LogP contribution in [0.4, 0.5) is 0 Å². The molecule has 1 aromatic carbocycles. The number of ether oxygens (including phenoxy) is 6. The van der Waals surface area contributed by atoms with Gasteiger partial charge in [0, 0.05) is 24.9 Å². The van der Waals surface area contributed by atoms with Crippen molar-refractivity contribution in [2.75, 3.05) is 79.2 Å². The summed E-state index contributed by atoms with van der Waals surface area (Å²) in [5.74, 6) is 0.326. The number of rotatable bonds is 26. The lowest BCUT2D eigenvalue weighted by Gasteiger charge is -2.10. The molecule has 11 heteroatoms. The predicted molar refractivity (Wildman–Crippen MR) is 134 cm³/mol. The highest BCUT2D eigenvalue weighted by atomic mass is 16.6. The molecule has 0 saturated heterocycles. The Morgan fingerprint density at radius 1 is 0.703 bits per heavy atom. The summed E-state index contributed by atoms with van der Waals surface area (Å²) in [7, 11) is 0. The van der Waals surface area contributed by atoms with Gasteiger partial charge in [-0.05, 0) is 25.0 Å². The van der Waals surface area contributed by atoms with Gasteiger partial charge in [0.25, 0.3) is 0 Å². The van der Waals surface area contributed by atoms with E-state index in [1.54, 1.807) is 12.1 Å². The van der Waals surface area contributed by atoms with E-state index >= 15 is 0 Å². The van der Waals surface area contributed by atoms with Gasteiger partial charge >= 0.3 is 0 Å². The SMILES string of the molecule is O=CCCCCC(=O)NCCOCCOCCOCCOCCOCCOc1cc(C=O)ccc1C=O. The second-order valence-electron chi connectivity index (χ2n) is 7.71. The molecule has 1 aromatic rings. The van der Waals surface area contributed by atoms with Crippen molar-refractivity contribution in [3.63, 3.8) is 0 Å². The molecular formula is C26H39NO10. The van der Waals surface area contributed by atoms with E-state index in [4.69, 9.17) is 28.4 Å². The van der Waals surface area contributed by atoms with Gasteiger partial charge in [-0.1, -0.05) is 6.07 Å². The summed E-state index contributed by atoms with van der Waals surface area (Å²) in [5, 5.41) is 2.77. The van der Waals surface area contributed by atoms with Crippen LogP contribution in [0.25, 0.3) is 0 Å². The maximum Gasteiger partial charge on any atom is 0.220 e. The number of hydrogen-bond donors (Lipinski definition) is 1. The van der Waals surface area contributed by atoms with Gasteiger partial charge in [0.05, 0.1) is 71.6 Å². The molecule has 0 unspecified atom stereocenters. The van der Waals surface area contributed by atoms with Crippen LogP contribution in [0, 0.1) is 0 Å². The summed E-state index contributed by atoms with van der Waals surface area (Å²) in [5.41, 5.74) is 0.817. The van der Waals surface area contributed by atoms with Crippen molar-refractivity contribution in [1.82, 2.24) is 5.32 Å². The zero-order valence-corrected chi connectivity index (χ0v) is 21.4. The number of amides is 1. The lowest BCUT2D eigenvalue weighted by Crippen LogP contribution is -2.27. The molecule has 0 heterocycles. The predicted octanol–water partition coefficient (Wildman–Crippen LogP) is 1.65. The van der Waals surface area contributed by atoms with E-state index in [9.17, 15) is 19.2 Å². The second kappa shape index (κ2) is 23.7. The van der Waals surface area contributed by atoms with Crippen molar-refractivity contribution in [3.8, 4) is 5.75 Å². The van der Waals surface area contributed by atoms with Crippen molar-refractivity contribution < 1.29 is 47.6 Å². The molecule has 0 atom stereocenters. The monoisotopic (exact) mass is 525 g/mol. The highest BCUT2D eigenvalue weighted by Crippen LogP contribution is 2.18. The summed E-state index contributed by atoms with van der Waals surface area (Å²) in [6, 6.07) is 4.62. The van der Waals surface area contributed by atoms with E-state index in [1.807, 2.05) is 0 Å². The molecule has 0 fully saturated rings. The third-order valence-corrected chi connectivity index (χ3v) is 4.82. The minimum absolute atomic E-state index is 0.0289. The number of unbranched alkanes of at least 4 members (excludes halogenated alkanes) is 2. The Bertz CT molecular complexity index is 759. The molecule has 0 aliphatic heterocycles. The van der Waals surface area contributed by atoms with Crippen LogP contribution >= 0.6 is 0 Å². The zero-order chi connectivity index (χ0) is 26.8. The van der Waals surface area contributed by atoms with Crippen LogP contribution in [0.2, 0.25) is 0 Å². The van der Waals surface area contributed by atoms with Crippen LogP contribution < -0.4 is 10.1 Å². The standard InChI is InChI=1S/C26H39NO10/c28-8-3-1-2-4-26(31)27-7-9-32-10-11-33-12-13-34-14-15-35-16-17-36-18-19-37-25-20-23(21-29)5-6-24(25)22-30/h5-6,8,20-22H,1-4,7,9-19H2,(H,27,31). The fourth-order valence-corrected chi connectivity index (χ4v) is 2.90. The lowest BCUT2D eigenvalue weighted by atomic mass is 10.1. The quantitative estimate of drug-likeness (QED) is 0.140. The molecule has 0 radical (unpaired) electrons. The molecule has 1 N–H and O–H groups in total. The molecule has 0 saturated carbocycles. The number of carbonyl (C=O) groups is 4. The first-order valence-electron chi connectivity index (χ1n) is 12.5. The Morgan fingerprint density at radius 3 is 1.81 bits per heavy atom. The van der Waals surface area contributed by atoms with Crippen LogP contribution in [0.15, 0.2) is 18.2 Å². The molecule has 11 nitrogen and oxygen atoms in total. The smallest absolute Gasteiger partial charge is 0.220 e. The summed E-state index contributed by atoms with van der Waals surface area (Å²) in [6.07, 6.45) is 4.61. The van der Waals surface area contributed by atoms with Crippen LogP contribution in [0.1, 0.15) is 46.4 Å². The minimum Gasteiger partial charge on any atom is -0.490 e. The first kappa shape index (κ1) is 32.3. The molecular weight excluding hydrogens is 486 g/mol. The Kier molecular flexibility index (Phi) is 20.7. The fourth-order valence-electron chi connectivity index (χ4n) is 2.90. The van der Waals surface area contributed by atoms with Crippen molar-refractivity contribution in [1.29, 1.82) is 0 Å². The third-order valence-electron chi connectivity index (χ3n) is 4.82. The summed E-state index contributed by atoms with van der Waals surface area (Å²) in [6.45, 7) is 4.92. The molecule has 1 rings (SSSR count). The largest absolute Gasteiger partial charge is 0.490 e. The number of hydrogen-bond acceptors (Lipinski definition) is 10. The van der Waals surface area contributed by atoms with E-state index in [0.29, 0.717) is 121 Å². The van der Waals surface area contributed by atoms with E-state index in [0.717, 1.165) is 12.7 Å². The first-order chi connectivity index (χ1) is 18.2. The number of benzene rings is 1. The molecule has 0 bridgehead atoms. The highest BCUT2D eigenvalue weighted by molar-refractivity contribution is 5.83. The Morgan fingerprint density at radius 2 is 1.27 bits per heavy atom. The lowest BCUT2D eigenvalue weighted by molar-refractivity contribution is -0.121. The highest BCUT2D eigenvalue weighted by Gasteiger charge is 2.04. The van der Waals surface area contributed by atoms with Gasteiger partial charge in [-0.15, -0.1) is 0 Å². The minimum atomic E-state index is -0.0289. The molecule has 0 spiro atoms. The van der Waals surface area contributed by atoms with Gasteiger partial charge < -0.3 is 38.5 Å². The maximum atomic E-state index is 11.5. The Labute approximate surface area is 218 Å². The maximum absolute atomic E-state index is 11.5. The summed E-state index contributed by atoms with van der Waals surface area (Å²) >= 11 is 0. The molecule has 0 aliphatic rings. The van der Waals surface area contributed by atoms with E-state index < -0.39 is 0 Å². The van der Waals surface area contributed by atoms with Gasteiger partial charge in [-0.25, -0.2) is 0 Å². The van der Waals surface area contributed by atoms with Crippen LogP contribution in [0.3, 0.4) is 0 Å². The van der Waals surface area contributed by atoms with Crippen molar-refractivity contribution in [2.24, 2.45) is 0 Å². The fraction of sp³-hybridized carbons (Fsp3) is 0.615. The normalized spacial score (nSPS) is 10.7. The van der Waals surface area contributed by atoms with Crippen LogP contribution in [0.5, 0.6) is 5.75 Å². The molecule has 0 aliphatic carbocycles. The number of carbonyl (C=O) groups excluding carboxylic acids is 4. The Hall–Kier alpha value is -2.70. The van der Waals surface area contributed by atoms with Crippen molar-refractivity contribution in [3.05, 3.63) is 29.3 Å². The van der Waals surface area contributed by atoms with Crippen LogP contribution in [-0.2, 0) is 33.3 Å². The Balaban J connectivity index is 1.80. The van der Waals surface area contributed by atoms with Crippen LogP contribution in [-0.4, -0.2) is 104 Å². The average molecular weight is 526 g/mol. The zero-order valence-electron chi connectivity index (χ0n) is 21.4. The van der Waals surface area contributed by atoms with E-state index in [1.165, 1.54) is 6.07 Å². The van der Waals surface area contributed by atoms with Gasteiger partial charge in [0.15, 0.2) is 6.29 Å². The van der Waals surface area contributed by atoms with Gasteiger partial charge in [-0.2, -0.15) is 0 Å². The third kappa shape index (κ3) is 18.2. The van der Waals surface area contributed by atoms with Crippen molar-refractivity contribution >= 4 is 24.8 Å². The number of nitrogens with one attached hydrogen (secondary N) is 1. The molecule has 0 aromatic heterocycles. The van der Waals surface area contributed by atoms with Gasteiger partial charge in [0.1, 0.15) is 24.9 Å². The topological polar surface area (TPSA) is 136 Å². The molecule has 1 amide bonds. The average Bonchev–Trinajstić information content (AvgIpc) is 2.92. The van der Waals surface area contributed by atoms with E-state index in [-0.39, 0.29) is 12.5 Å². The van der Waals surface area contributed by atoms with Gasteiger partial charge in [-0.3, -0.25) is 14.4 Å². The van der Waals surface area contributed by atoms with Gasteiger partial charge in [0.2, 0.25) is 5.91 Å². The number of aldehydes is 3. The summed E-state index contributed by atoms with van der Waals surface area (Å²) < 4.78 is 32.5. The molecule has 208 valence electrons. The summed E-state index contributed by atoms with van der Waals surface area (Å²) in [4.78, 5) is 43.6. The first-order valence-corrected chi connectivity index (χ1v) is 12.5.